The molecule has 1 aromatic heterocycles. The summed E-state index contributed by atoms with van der Waals surface area (Å²) in [5.74, 6) is -0.130. The lowest BCUT2D eigenvalue weighted by molar-refractivity contribution is 0.0601. The van der Waals surface area contributed by atoms with Gasteiger partial charge in [0.2, 0.25) is 0 Å². The normalized spacial score (nSPS) is 10.1. The van der Waals surface area contributed by atoms with Crippen molar-refractivity contribution in [1.29, 1.82) is 0 Å². The van der Waals surface area contributed by atoms with Crippen LogP contribution < -0.4 is 15.4 Å². The molecule has 1 amide bonds. The third-order valence-corrected chi connectivity index (χ3v) is 3.94. The maximum atomic E-state index is 12.4. The number of nitrogens with zero attached hydrogens (tertiary/aromatic N) is 1. The lowest BCUT2D eigenvalue weighted by Crippen LogP contribution is -2.13. The van der Waals surface area contributed by atoms with Gasteiger partial charge in [-0.2, -0.15) is 0 Å². The first-order valence-corrected chi connectivity index (χ1v) is 8.46. The minimum atomic E-state index is -0.439. The van der Waals surface area contributed by atoms with E-state index in [9.17, 15) is 9.59 Å². The van der Waals surface area contributed by atoms with Crippen LogP contribution in [-0.4, -0.2) is 31.1 Å². The van der Waals surface area contributed by atoms with Crippen LogP contribution in [-0.2, 0) is 4.74 Å². The highest BCUT2D eigenvalue weighted by Crippen LogP contribution is 2.22. The van der Waals surface area contributed by atoms with E-state index in [1.54, 1.807) is 67.8 Å². The number of pyridine rings is 1. The van der Waals surface area contributed by atoms with Crippen molar-refractivity contribution in [3.05, 3.63) is 78.1 Å². The third kappa shape index (κ3) is 4.45. The highest BCUT2D eigenvalue weighted by molar-refractivity contribution is 6.03. The van der Waals surface area contributed by atoms with Gasteiger partial charge in [-0.3, -0.25) is 4.79 Å². The molecule has 2 aromatic carbocycles. The number of para-hydroxylation sites is 1. The van der Waals surface area contributed by atoms with Gasteiger partial charge in [0, 0.05) is 11.8 Å². The molecule has 0 fully saturated rings. The molecule has 0 saturated heterocycles. The van der Waals surface area contributed by atoms with E-state index in [1.807, 2.05) is 0 Å². The topological polar surface area (TPSA) is 89.5 Å². The fraction of sp³-hybridized carbons (Fsp3) is 0.0952. The molecule has 0 atom stereocenters. The van der Waals surface area contributed by atoms with Gasteiger partial charge in [0.1, 0.15) is 11.4 Å². The summed E-state index contributed by atoms with van der Waals surface area (Å²) in [6.07, 6.45) is 1.52. The van der Waals surface area contributed by atoms with Crippen LogP contribution in [0.4, 0.5) is 17.1 Å². The van der Waals surface area contributed by atoms with E-state index in [2.05, 4.69) is 15.6 Å². The third-order valence-electron chi connectivity index (χ3n) is 3.94. The van der Waals surface area contributed by atoms with Crippen molar-refractivity contribution in [1.82, 2.24) is 4.98 Å². The Bertz CT molecular complexity index is 987. The molecule has 3 aromatic rings. The van der Waals surface area contributed by atoms with Crippen molar-refractivity contribution in [2.45, 2.75) is 0 Å². The smallest absolute Gasteiger partial charge is 0.339 e. The van der Waals surface area contributed by atoms with E-state index in [1.165, 1.54) is 13.3 Å². The summed E-state index contributed by atoms with van der Waals surface area (Å²) in [7, 11) is 2.89. The first kappa shape index (κ1) is 18.9. The lowest BCUT2D eigenvalue weighted by atomic mass is 10.1. The number of nitrogens with one attached hydrogen (secondary N) is 2. The molecule has 0 bridgehead atoms. The molecule has 0 aliphatic carbocycles. The van der Waals surface area contributed by atoms with Gasteiger partial charge in [-0.1, -0.05) is 18.2 Å². The van der Waals surface area contributed by atoms with E-state index in [-0.39, 0.29) is 11.6 Å². The molecule has 0 aliphatic heterocycles. The summed E-state index contributed by atoms with van der Waals surface area (Å²) in [5.41, 5.74) is 2.50. The fourth-order valence-electron chi connectivity index (χ4n) is 2.53. The Hall–Kier alpha value is -3.87. The highest BCUT2D eigenvalue weighted by atomic mass is 16.5. The van der Waals surface area contributed by atoms with E-state index in [0.29, 0.717) is 28.4 Å². The number of methoxy groups -OCH3 is 2. The van der Waals surface area contributed by atoms with Gasteiger partial charge < -0.3 is 20.1 Å². The molecular weight excluding hydrogens is 358 g/mol. The van der Waals surface area contributed by atoms with Crippen LogP contribution in [0.15, 0.2) is 66.9 Å². The summed E-state index contributed by atoms with van der Waals surface area (Å²) in [6, 6.07) is 17.3. The lowest BCUT2D eigenvalue weighted by Gasteiger charge is -2.11. The largest absolute Gasteiger partial charge is 0.497 e. The maximum Gasteiger partial charge on any atom is 0.339 e. The summed E-state index contributed by atoms with van der Waals surface area (Å²) in [6.45, 7) is 0. The van der Waals surface area contributed by atoms with Gasteiger partial charge >= 0.3 is 5.97 Å². The Morgan fingerprint density at radius 2 is 1.75 bits per heavy atom. The van der Waals surface area contributed by atoms with Crippen LogP contribution in [0.2, 0.25) is 0 Å². The SMILES string of the molecule is COC(=O)c1ccccc1Nc1ccc(C(=O)Nc2cccc(OC)c2)nc1. The molecule has 7 heteroatoms. The molecular formula is C21H19N3O4. The first-order chi connectivity index (χ1) is 13.6. The Balaban J connectivity index is 1.71. The van der Waals surface area contributed by atoms with Crippen molar-refractivity contribution in [3.8, 4) is 5.75 Å². The predicted octanol–water partition coefficient (Wildman–Crippen LogP) is 3.87. The van der Waals surface area contributed by atoms with E-state index >= 15 is 0 Å². The van der Waals surface area contributed by atoms with Crippen molar-refractivity contribution in [2.75, 3.05) is 24.9 Å². The van der Waals surface area contributed by atoms with Gasteiger partial charge in [-0.15, -0.1) is 0 Å². The van der Waals surface area contributed by atoms with Crippen LogP contribution >= 0.6 is 0 Å². The summed E-state index contributed by atoms with van der Waals surface area (Å²) in [5, 5.41) is 5.88. The zero-order valence-corrected chi connectivity index (χ0v) is 15.4. The molecule has 7 nitrogen and oxygen atoms in total. The molecule has 2 N–H and O–H groups in total. The Kier molecular flexibility index (Phi) is 5.86. The Morgan fingerprint density at radius 3 is 2.46 bits per heavy atom. The summed E-state index contributed by atoms with van der Waals surface area (Å²) < 4.78 is 9.92. The van der Waals surface area contributed by atoms with Gasteiger partial charge in [0.25, 0.3) is 5.91 Å². The number of hydrogen-bond donors (Lipinski definition) is 2. The second-order valence-corrected chi connectivity index (χ2v) is 5.78. The van der Waals surface area contributed by atoms with E-state index in [4.69, 9.17) is 9.47 Å². The van der Waals surface area contributed by atoms with Crippen molar-refractivity contribution in [3.63, 3.8) is 0 Å². The average Bonchev–Trinajstić information content (AvgIpc) is 2.74. The van der Waals surface area contributed by atoms with Gasteiger partial charge in [-0.05, 0) is 36.4 Å². The number of aromatic nitrogens is 1. The second-order valence-electron chi connectivity index (χ2n) is 5.78. The minimum absolute atomic E-state index is 0.259. The van der Waals surface area contributed by atoms with E-state index < -0.39 is 5.97 Å². The predicted molar refractivity (Wildman–Crippen MR) is 106 cm³/mol. The van der Waals surface area contributed by atoms with Crippen LogP contribution in [0.25, 0.3) is 0 Å². The second kappa shape index (κ2) is 8.68. The van der Waals surface area contributed by atoms with Crippen LogP contribution in [0, 0.1) is 0 Å². The number of amides is 1. The Labute approximate surface area is 162 Å². The zero-order valence-electron chi connectivity index (χ0n) is 15.4. The van der Waals surface area contributed by atoms with Crippen molar-refractivity contribution >= 4 is 28.9 Å². The molecule has 1 heterocycles. The number of rotatable bonds is 6. The number of ether oxygens (including phenoxy) is 2. The van der Waals surface area contributed by atoms with Gasteiger partial charge in [0.05, 0.1) is 37.4 Å². The highest BCUT2D eigenvalue weighted by Gasteiger charge is 2.12. The van der Waals surface area contributed by atoms with Gasteiger partial charge in [0.15, 0.2) is 0 Å². The molecule has 142 valence electrons. The molecule has 0 saturated carbocycles. The standard InChI is InChI=1S/C21H19N3O4/c1-27-16-7-5-6-14(12-16)24-20(25)19-11-10-15(13-22-19)23-18-9-4-3-8-17(18)21(26)28-2/h3-13,23H,1-2H3,(H,24,25). The molecule has 0 aliphatic rings. The molecule has 28 heavy (non-hydrogen) atoms. The zero-order chi connectivity index (χ0) is 19.9. The van der Waals surface area contributed by atoms with Crippen molar-refractivity contribution < 1.29 is 19.1 Å². The quantitative estimate of drug-likeness (QED) is 0.634. The first-order valence-electron chi connectivity index (χ1n) is 8.46. The van der Waals surface area contributed by atoms with Crippen LogP contribution in [0.5, 0.6) is 5.75 Å². The number of anilines is 3. The Morgan fingerprint density at radius 1 is 0.929 bits per heavy atom. The molecule has 0 unspecified atom stereocenters. The monoisotopic (exact) mass is 377 g/mol. The maximum absolute atomic E-state index is 12.4. The fourth-order valence-corrected chi connectivity index (χ4v) is 2.53. The number of esters is 1. The number of hydrogen-bond acceptors (Lipinski definition) is 6. The molecule has 3 rings (SSSR count). The minimum Gasteiger partial charge on any atom is -0.497 e. The van der Waals surface area contributed by atoms with Crippen LogP contribution in [0.3, 0.4) is 0 Å². The number of carbonyl (C=O) groups excluding carboxylic acids is 2. The average molecular weight is 377 g/mol. The number of carbonyl (C=O) groups is 2. The van der Waals surface area contributed by atoms with Crippen LogP contribution in [0.1, 0.15) is 20.8 Å². The van der Waals surface area contributed by atoms with Crippen molar-refractivity contribution in [2.24, 2.45) is 0 Å². The summed E-state index contributed by atoms with van der Waals surface area (Å²) >= 11 is 0. The van der Waals surface area contributed by atoms with Gasteiger partial charge in [-0.25, -0.2) is 9.78 Å². The van der Waals surface area contributed by atoms with E-state index in [0.717, 1.165) is 0 Å². The molecule has 0 radical (unpaired) electrons. The summed E-state index contributed by atoms with van der Waals surface area (Å²) in [4.78, 5) is 28.4. The number of benzene rings is 2. The molecule has 0 spiro atoms.